The van der Waals surface area contributed by atoms with E-state index in [9.17, 15) is 4.79 Å². The quantitative estimate of drug-likeness (QED) is 0.492. The molecule has 2 aliphatic heterocycles. The molecule has 72 valence electrons. The molecule has 0 bridgehead atoms. The average molecular weight is 184 g/mol. The molecule has 1 atom stereocenters. The number of nitrogens with zero attached hydrogens (tertiary/aromatic N) is 1. The van der Waals surface area contributed by atoms with Crippen molar-refractivity contribution in [3.63, 3.8) is 0 Å². The first kappa shape index (κ1) is 8.65. The lowest BCUT2D eigenvalue weighted by Crippen LogP contribution is -3.15. The highest BCUT2D eigenvalue weighted by Gasteiger charge is 2.22. The van der Waals surface area contributed by atoms with Crippen molar-refractivity contribution in [3.8, 4) is 0 Å². The molecule has 1 N–H and O–H groups in total. The van der Waals surface area contributed by atoms with E-state index in [1.54, 1.807) is 0 Å². The third-order valence-corrected chi connectivity index (χ3v) is 2.30. The van der Waals surface area contributed by atoms with E-state index in [-0.39, 0.29) is 5.91 Å². The number of aliphatic imine (C=N–C) groups is 1. The minimum absolute atomic E-state index is 0.209. The maximum Gasteiger partial charge on any atom is 0.137 e. The highest BCUT2D eigenvalue weighted by molar-refractivity contribution is 5.91. The molecule has 0 aliphatic carbocycles. The number of quaternary nitrogens is 1. The van der Waals surface area contributed by atoms with E-state index in [0.717, 1.165) is 26.3 Å². The molecule has 1 saturated heterocycles. The second-order valence-electron chi connectivity index (χ2n) is 3.21. The second kappa shape index (κ2) is 3.85. The molecule has 1 unspecified atom stereocenters. The fourth-order valence-corrected chi connectivity index (χ4v) is 1.51. The first-order chi connectivity index (χ1) is 6.36. The number of hydrogen-bond donors (Lipinski definition) is 1. The van der Waals surface area contributed by atoms with Crippen LogP contribution in [-0.2, 0) is 14.3 Å². The molecule has 0 aromatic rings. The summed E-state index contributed by atoms with van der Waals surface area (Å²) in [6, 6.07) is 0. The lowest BCUT2D eigenvalue weighted by atomic mass is 10.3. The van der Waals surface area contributed by atoms with Crippen LogP contribution in [0.2, 0.25) is 0 Å². The molecule has 0 radical (unpaired) electrons. The fraction of sp³-hybridized carbons (Fsp3) is 0.750. The van der Waals surface area contributed by atoms with Gasteiger partial charge in [0.05, 0.1) is 13.2 Å². The highest BCUT2D eigenvalue weighted by atomic mass is 16.5. The zero-order chi connectivity index (χ0) is 9.10. The summed E-state index contributed by atoms with van der Waals surface area (Å²) in [6.45, 7) is 4.08. The van der Waals surface area contributed by atoms with Crippen LogP contribution in [-0.4, -0.2) is 51.3 Å². The fourth-order valence-electron chi connectivity index (χ4n) is 1.51. The Morgan fingerprint density at radius 3 is 2.92 bits per heavy atom. The Kier molecular flexibility index (Phi) is 2.56. The lowest BCUT2D eigenvalue weighted by molar-refractivity contribution is -0.909. The Morgan fingerprint density at radius 2 is 2.31 bits per heavy atom. The average Bonchev–Trinajstić information content (AvgIpc) is 2.54. The summed E-state index contributed by atoms with van der Waals surface area (Å²) in [7, 11) is 0. The van der Waals surface area contributed by atoms with Gasteiger partial charge in [-0.1, -0.05) is 0 Å². The summed E-state index contributed by atoms with van der Waals surface area (Å²) in [5.41, 5.74) is 0. The van der Waals surface area contributed by atoms with Crippen molar-refractivity contribution < 1.29 is 19.2 Å². The predicted octanol–water partition coefficient (Wildman–Crippen LogP) is -2.27. The zero-order valence-corrected chi connectivity index (χ0v) is 7.28. The summed E-state index contributed by atoms with van der Waals surface area (Å²) in [5, 5.41) is 0. The van der Waals surface area contributed by atoms with Crippen molar-refractivity contribution in [2.24, 2.45) is 4.99 Å². The summed E-state index contributed by atoms with van der Waals surface area (Å²) in [5.74, 6) is -0.209. The number of ether oxygens (including phenoxy) is 2. The van der Waals surface area contributed by atoms with Gasteiger partial charge in [0.15, 0.2) is 0 Å². The number of carbonyl (C=O) groups is 1. The standard InChI is InChI=1S/C8H11N2O3/c11-8-7(13-6-9-8)5-10-1-3-12-4-2-10/h7H,1-5H2/q-1/p+1. The maximum absolute atomic E-state index is 11.0. The van der Waals surface area contributed by atoms with Gasteiger partial charge in [-0.05, 0) is 0 Å². The van der Waals surface area contributed by atoms with Gasteiger partial charge in [-0.3, -0.25) is 0 Å². The van der Waals surface area contributed by atoms with Crippen LogP contribution in [0.1, 0.15) is 0 Å². The minimum atomic E-state index is -0.409. The molecular formula is C8H12N2O3. The van der Waals surface area contributed by atoms with Gasteiger partial charge in [0.2, 0.25) is 0 Å². The number of carbonyl (C=O) groups excluding carboxylic acids is 1. The van der Waals surface area contributed by atoms with Crippen molar-refractivity contribution in [2.75, 3.05) is 32.8 Å². The maximum atomic E-state index is 11.0. The number of hydrogen-bond acceptors (Lipinski definition) is 3. The van der Waals surface area contributed by atoms with Gasteiger partial charge in [0.1, 0.15) is 31.6 Å². The smallest absolute Gasteiger partial charge is 0.137 e. The molecule has 1 fully saturated rings. The monoisotopic (exact) mass is 184 g/mol. The van der Waals surface area contributed by atoms with Crippen LogP contribution in [0.25, 0.3) is 0 Å². The van der Waals surface area contributed by atoms with Crippen LogP contribution >= 0.6 is 0 Å². The molecule has 5 heteroatoms. The van der Waals surface area contributed by atoms with E-state index < -0.39 is 6.10 Å². The Labute approximate surface area is 76.3 Å². The molecule has 2 rings (SSSR count). The molecule has 0 saturated carbocycles. The summed E-state index contributed by atoms with van der Waals surface area (Å²) in [6.07, 6.45) is 1.83. The number of amides is 1. The van der Waals surface area contributed by atoms with Crippen LogP contribution in [0.3, 0.4) is 0 Å². The number of morpholine rings is 1. The largest absolute Gasteiger partial charge is 0.572 e. The van der Waals surface area contributed by atoms with Gasteiger partial charge < -0.3 is 24.2 Å². The van der Waals surface area contributed by atoms with Crippen molar-refractivity contribution in [1.82, 2.24) is 0 Å². The third kappa shape index (κ3) is 2.05. The zero-order valence-electron chi connectivity index (χ0n) is 7.28. The minimum Gasteiger partial charge on any atom is -0.572 e. The molecule has 0 aromatic heterocycles. The molecule has 0 aromatic carbocycles. The van der Waals surface area contributed by atoms with Gasteiger partial charge in [-0.25, -0.2) is 0 Å². The molecular weight excluding hydrogens is 172 g/mol. The Balaban J connectivity index is 1.80. The molecule has 2 heterocycles. The van der Waals surface area contributed by atoms with E-state index in [2.05, 4.69) is 11.4 Å². The normalized spacial score (nSPS) is 29.2. The number of nitrogens with one attached hydrogen (secondary N) is 1. The summed E-state index contributed by atoms with van der Waals surface area (Å²) in [4.78, 5) is 15.8. The first-order valence-electron chi connectivity index (χ1n) is 4.43. The van der Waals surface area contributed by atoms with Crippen molar-refractivity contribution >= 4 is 12.3 Å². The van der Waals surface area contributed by atoms with Crippen molar-refractivity contribution in [3.05, 3.63) is 0 Å². The van der Waals surface area contributed by atoms with Gasteiger partial charge in [0, 0.05) is 6.40 Å². The third-order valence-electron chi connectivity index (χ3n) is 2.30. The van der Waals surface area contributed by atoms with Gasteiger partial charge in [0.25, 0.3) is 0 Å². The number of rotatable bonds is 2. The van der Waals surface area contributed by atoms with Crippen molar-refractivity contribution in [1.29, 1.82) is 0 Å². The van der Waals surface area contributed by atoms with Gasteiger partial charge in [-0.2, -0.15) is 0 Å². The van der Waals surface area contributed by atoms with Crippen LogP contribution < -0.4 is 4.90 Å². The predicted molar refractivity (Wildman–Crippen MR) is 43.7 cm³/mol. The lowest BCUT2D eigenvalue weighted by Gasteiger charge is -2.26. The van der Waals surface area contributed by atoms with E-state index in [1.165, 1.54) is 4.90 Å². The topological polar surface area (TPSA) is 52.3 Å². The first-order valence-corrected chi connectivity index (χ1v) is 4.43. The van der Waals surface area contributed by atoms with E-state index >= 15 is 0 Å². The summed E-state index contributed by atoms with van der Waals surface area (Å²) >= 11 is 0. The molecule has 2 aliphatic rings. The molecule has 1 amide bonds. The van der Waals surface area contributed by atoms with Crippen LogP contribution in [0.15, 0.2) is 4.99 Å². The molecule has 5 nitrogen and oxygen atoms in total. The van der Waals surface area contributed by atoms with Crippen molar-refractivity contribution in [2.45, 2.75) is 6.10 Å². The van der Waals surface area contributed by atoms with Crippen LogP contribution in [0, 0.1) is 0 Å². The van der Waals surface area contributed by atoms with Gasteiger partial charge in [-0.15, -0.1) is 0 Å². The van der Waals surface area contributed by atoms with E-state index in [4.69, 9.17) is 9.47 Å². The highest BCUT2D eigenvalue weighted by Crippen LogP contribution is 1.97. The molecule has 13 heavy (non-hydrogen) atoms. The van der Waals surface area contributed by atoms with Gasteiger partial charge >= 0.3 is 0 Å². The van der Waals surface area contributed by atoms with Crippen LogP contribution in [0.5, 0.6) is 0 Å². The summed E-state index contributed by atoms with van der Waals surface area (Å²) < 4.78 is 10.1. The Bertz CT molecular complexity index is 223. The van der Waals surface area contributed by atoms with E-state index in [0.29, 0.717) is 6.54 Å². The Hall–Kier alpha value is -0.940. The van der Waals surface area contributed by atoms with E-state index in [1.807, 2.05) is 0 Å². The SMILES string of the molecule is O=C1N=[C-]OC1C[NH+]1CCOCC1. The van der Waals surface area contributed by atoms with Crippen LogP contribution in [0.4, 0.5) is 0 Å². The molecule has 0 spiro atoms. The Morgan fingerprint density at radius 1 is 1.54 bits per heavy atom. The second-order valence-corrected chi connectivity index (χ2v) is 3.21.